The van der Waals surface area contributed by atoms with Crippen LogP contribution in [0.15, 0.2) is 0 Å². The van der Waals surface area contributed by atoms with Crippen molar-refractivity contribution >= 4 is 16.9 Å². The number of rotatable bonds is 10. The fourth-order valence-electron chi connectivity index (χ4n) is 1.79. The fourth-order valence-corrected chi connectivity index (χ4v) is 2.45. The van der Waals surface area contributed by atoms with Gasteiger partial charge in [0, 0.05) is 30.8 Å². The highest BCUT2D eigenvalue weighted by atomic mass is 32.2. The Hall–Kier alpha value is -0.100. The second kappa shape index (κ2) is 10.8. The van der Waals surface area contributed by atoms with Crippen molar-refractivity contribution in [3.05, 3.63) is 0 Å². The van der Waals surface area contributed by atoms with E-state index in [1.165, 1.54) is 11.8 Å². The van der Waals surface area contributed by atoms with Crippen LogP contribution in [-0.4, -0.2) is 59.3 Å². The molecule has 0 unspecified atom stereocenters. The molecule has 0 bridgehead atoms. The number of thioether (sulfide) groups is 1. The number of aliphatic hydroxyl groups is 1. The van der Waals surface area contributed by atoms with Crippen LogP contribution in [0.1, 0.15) is 34.1 Å². The van der Waals surface area contributed by atoms with Gasteiger partial charge in [0.1, 0.15) is 0 Å². The molecule has 0 heterocycles. The molecule has 0 amide bonds. The Morgan fingerprint density at radius 2 is 1.83 bits per heavy atom. The third kappa shape index (κ3) is 8.91. The van der Waals surface area contributed by atoms with E-state index >= 15 is 0 Å². The number of carbonyl (C=O) groups is 1. The third-order valence-corrected chi connectivity index (χ3v) is 3.52. The summed E-state index contributed by atoms with van der Waals surface area (Å²) in [7, 11) is 0. The topological polar surface area (TPSA) is 49.8 Å². The van der Waals surface area contributed by atoms with E-state index in [4.69, 9.17) is 9.84 Å². The van der Waals surface area contributed by atoms with Crippen molar-refractivity contribution < 1.29 is 14.6 Å². The quantitative estimate of drug-likeness (QED) is 0.617. The maximum absolute atomic E-state index is 11.7. The predicted molar refractivity (Wildman–Crippen MR) is 77.0 cm³/mol. The van der Waals surface area contributed by atoms with Gasteiger partial charge in [-0.05, 0) is 27.7 Å². The first-order chi connectivity index (χ1) is 8.49. The minimum atomic E-state index is 0.0380. The highest BCUT2D eigenvalue weighted by Crippen LogP contribution is 2.10. The van der Waals surface area contributed by atoms with Crippen molar-refractivity contribution in [2.24, 2.45) is 0 Å². The first kappa shape index (κ1) is 17.9. The van der Waals surface area contributed by atoms with Crippen LogP contribution in [0, 0.1) is 0 Å². The molecule has 108 valence electrons. The number of aliphatic hydroxyl groups excluding tert-OH is 1. The maximum Gasteiger partial charge on any atom is 0.190 e. The van der Waals surface area contributed by atoms with Crippen molar-refractivity contribution in [2.75, 3.05) is 32.1 Å². The lowest BCUT2D eigenvalue weighted by molar-refractivity contribution is -0.111. The van der Waals surface area contributed by atoms with Gasteiger partial charge in [-0.3, -0.25) is 9.69 Å². The van der Waals surface area contributed by atoms with Gasteiger partial charge in [0.05, 0.1) is 19.8 Å². The zero-order valence-electron chi connectivity index (χ0n) is 12.0. The summed E-state index contributed by atoms with van der Waals surface area (Å²) in [6.45, 7) is 10.3. The lowest BCUT2D eigenvalue weighted by Crippen LogP contribution is -2.38. The van der Waals surface area contributed by atoms with Gasteiger partial charge in [0.15, 0.2) is 5.12 Å². The monoisotopic (exact) mass is 277 g/mol. The molecule has 0 spiro atoms. The van der Waals surface area contributed by atoms with Crippen molar-refractivity contribution in [2.45, 2.75) is 46.2 Å². The van der Waals surface area contributed by atoms with Crippen LogP contribution < -0.4 is 0 Å². The molecule has 0 aromatic heterocycles. The Bertz CT molecular complexity index is 214. The van der Waals surface area contributed by atoms with Gasteiger partial charge < -0.3 is 9.84 Å². The van der Waals surface area contributed by atoms with Crippen molar-refractivity contribution in [3.63, 3.8) is 0 Å². The molecule has 0 aliphatic rings. The van der Waals surface area contributed by atoms with Gasteiger partial charge in [-0.25, -0.2) is 0 Å². The zero-order valence-corrected chi connectivity index (χ0v) is 12.8. The van der Waals surface area contributed by atoms with E-state index in [-0.39, 0.29) is 11.7 Å². The highest BCUT2D eigenvalue weighted by Gasteiger charge is 2.14. The predicted octanol–water partition coefficient (Wildman–Crippen LogP) is 1.76. The standard InChI is InChI=1S/C13H27NO3S/c1-11(2)14(12(3)4)6-5-13(16)18-10-9-17-8-7-15/h11-12,15H,5-10H2,1-4H3. The van der Waals surface area contributed by atoms with E-state index in [0.29, 0.717) is 37.5 Å². The van der Waals surface area contributed by atoms with Gasteiger partial charge in [-0.2, -0.15) is 0 Å². The SMILES string of the molecule is CC(C)N(CCC(=O)SCCOCCO)C(C)C. The van der Waals surface area contributed by atoms with Gasteiger partial charge >= 0.3 is 0 Å². The summed E-state index contributed by atoms with van der Waals surface area (Å²) >= 11 is 1.32. The Balaban J connectivity index is 3.68. The number of hydrogen-bond acceptors (Lipinski definition) is 5. The first-order valence-corrected chi connectivity index (χ1v) is 7.57. The van der Waals surface area contributed by atoms with Crippen LogP contribution in [0.5, 0.6) is 0 Å². The largest absolute Gasteiger partial charge is 0.394 e. The van der Waals surface area contributed by atoms with E-state index in [9.17, 15) is 4.79 Å². The summed E-state index contributed by atoms with van der Waals surface area (Å²) in [5, 5.41) is 8.74. The number of hydrogen-bond donors (Lipinski definition) is 1. The van der Waals surface area contributed by atoms with Crippen LogP contribution in [0.2, 0.25) is 0 Å². The van der Waals surface area contributed by atoms with Gasteiger partial charge in [0.2, 0.25) is 0 Å². The maximum atomic E-state index is 11.7. The lowest BCUT2D eigenvalue weighted by Gasteiger charge is -2.30. The molecular formula is C13H27NO3S. The summed E-state index contributed by atoms with van der Waals surface area (Å²) in [5.41, 5.74) is 0. The minimum absolute atomic E-state index is 0.0380. The Labute approximate surface area is 115 Å². The van der Waals surface area contributed by atoms with E-state index in [0.717, 1.165) is 6.54 Å². The molecule has 1 N–H and O–H groups in total. The molecule has 0 rings (SSSR count). The van der Waals surface area contributed by atoms with Crippen LogP contribution in [-0.2, 0) is 9.53 Å². The second-order valence-electron chi connectivity index (χ2n) is 4.73. The third-order valence-electron chi connectivity index (χ3n) is 2.63. The summed E-state index contributed by atoms with van der Waals surface area (Å²) in [5.74, 6) is 0.669. The summed E-state index contributed by atoms with van der Waals surface area (Å²) < 4.78 is 5.10. The minimum Gasteiger partial charge on any atom is -0.394 e. The van der Waals surface area contributed by atoms with Gasteiger partial charge in [-0.1, -0.05) is 11.8 Å². The highest BCUT2D eigenvalue weighted by molar-refractivity contribution is 8.13. The van der Waals surface area contributed by atoms with E-state index in [1.807, 2.05) is 0 Å². The lowest BCUT2D eigenvalue weighted by atomic mass is 10.2. The Kier molecular flexibility index (Phi) is 10.7. The summed E-state index contributed by atoms with van der Waals surface area (Å²) in [6, 6.07) is 0.936. The average molecular weight is 277 g/mol. The van der Waals surface area contributed by atoms with Gasteiger partial charge in [0.25, 0.3) is 0 Å². The molecule has 0 aliphatic heterocycles. The van der Waals surface area contributed by atoms with E-state index in [1.54, 1.807) is 0 Å². The summed E-state index contributed by atoms with van der Waals surface area (Å²) in [4.78, 5) is 14.0. The Morgan fingerprint density at radius 1 is 1.22 bits per heavy atom. The normalized spacial score (nSPS) is 11.8. The van der Waals surface area contributed by atoms with Crippen molar-refractivity contribution in [1.29, 1.82) is 0 Å². The smallest absolute Gasteiger partial charge is 0.190 e. The molecule has 0 aromatic carbocycles. The van der Waals surface area contributed by atoms with E-state index in [2.05, 4.69) is 32.6 Å². The molecular weight excluding hydrogens is 250 g/mol. The number of carbonyl (C=O) groups excluding carboxylic acids is 1. The average Bonchev–Trinajstić information content (AvgIpc) is 2.28. The molecule has 0 fully saturated rings. The molecule has 0 atom stereocenters. The molecule has 0 radical (unpaired) electrons. The molecule has 0 saturated heterocycles. The summed E-state index contributed by atoms with van der Waals surface area (Å²) in [6.07, 6.45) is 0.584. The number of nitrogens with zero attached hydrogens (tertiary/aromatic N) is 1. The van der Waals surface area contributed by atoms with Crippen LogP contribution in [0.3, 0.4) is 0 Å². The first-order valence-electron chi connectivity index (χ1n) is 6.59. The molecule has 0 aliphatic carbocycles. The van der Waals surface area contributed by atoms with Crippen LogP contribution >= 0.6 is 11.8 Å². The van der Waals surface area contributed by atoms with Crippen LogP contribution in [0.25, 0.3) is 0 Å². The molecule has 18 heavy (non-hydrogen) atoms. The van der Waals surface area contributed by atoms with Crippen LogP contribution in [0.4, 0.5) is 0 Å². The fraction of sp³-hybridized carbons (Fsp3) is 0.923. The Morgan fingerprint density at radius 3 is 2.33 bits per heavy atom. The van der Waals surface area contributed by atoms with Crippen molar-refractivity contribution in [3.8, 4) is 0 Å². The number of ether oxygens (including phenoxy) is 1. The van der Waals surface area contributed by atoms with Crippen molar-refractivity contribution in [1.82, 2.24) is 4.90 Å². The van der Waals surface area contributed by atoms with Gasteiger partial charge in [-0.15, -0.1) is 0 Å². The second-order valence-corrected chi connectivity index (χ2v) is 5.88. The molecule has 5 heteroatoms. The zero-order chi connectivity index (χ0) is 14.0. The van der Waals surface area contributed by atoms with E-state index < -0.39 is 0 Å². The molecule has 4 nitrogen and oxygen atoms in total. The molecule has 0 aromatic rings. The molecule has 0 saturated carbocycles.